The van der Waals surface area contributed by atoms with Crippen molar-refractivity contribution in [3.8, 4) is 5.75 Å². The van der Waals surface area contributed by atoms with Gasteiger partial charge in [-0.2, -0.15) is 9.97 Å². The maximum atomic E-state index is 11.4. The van der Waals surface area contributed by atoms with Gasteiger partial charge in [-0.1, -0.05) is 30.3 Å². The minimum Gasteiger partial charge on any atom is -0.489 e. The smallest absolute Gasteiger partial charge is 0.335 e. The van der Waals surface area contributed by atoms with Gasteiger partial charge in [-0.3, -0.25) is 10.1 Å². The number of nitro groups is 1. The summed E-state index contributed by atoms with van der Waals surface area (Å²) in [7, 11) is 0. The highest BCUT2D eigenvalue weighted by molar-refractivity contribution is 5.87. The summed E-state index contributed by atoms with van der Waals surface area (Å²) in [5.41, 5.74) is 19.1. The van der Waals surface area contributed by atoms with E-state index in [0.29, 0.717) is 11.3 Å². The van der Waals surface area contributed by atoms with Crippen molar-refractivity contribution >= 4 is 23.6 Å². The molecular weight excluding hydrogens is 404 g/mol. The van der Waals surface area contributed by atoms with Gasteiger partial charge in [-0.25, -0.2) is 4.79 Å². The number of ether oxygens (including phenoxy) is 1. The lowest BCUT2D eigenvalue weighted by Crippen LogP contribution is -2.20. The van der Waals surface area contributed by atoms with Crippen molar-refractivity contribution in [1.29, 1.82) is 0 Å². The van der Waals surface area contributed by atoms with Crippen LogP contribution in [0.25, 0.3) is 0 Å². The van der Waals surface area contributed by atoms with Gasteiger partial charge in [-0.05, 0) is 23.8 Å². The predicted molar refractivity (Wildman–Crippen MR) is 113 cm³/mol. The highest BCUT2D eigenvalue weighted by atomic mass is 16.6. The van der Waals surface area contributed by atoms with Gasteiger partial charge in [0.1, 0.15) is 24.0 Å². The number of nitrogens with zero attached hydrogens (tertiary/aromatic N) is 3. The molecule has 11 nitrogen and oxygen atoms in total. The predicted octanol–water partition coefficient (Wildman–Crippen LogP) is 1.91. The number of aromatic carboxylic acids is 1. The van der Waals surface area contributed by atoms with Crippen LogP contribution in [0.2, 0.25) is 0 Å². The van der Waals surface area contributed by atoms with Crippen LogP contribution in [-0.4, -0.2) is 32.5 Å². The Hall–Kier alpha value is -4.41. The largest absolute Gasteiger partial charge is 0.489 e. The van der Waals surface area contributed by atoms with Crippen molar-refractivity contribution < 1.29 is 19.6 Å². The molecule has 0 amide bonds. The number of para-hydroxylation sites is 1. The molecule has 0 saturated heterocycles. The number of rotatable bonds is 8. The van der Waals surface area contributed by atoms with E-state index in [4.69, 9.17) is 27.0 Å². The molecule has 7 N–H and O–H groups in total. The Labute approximate surface area is 176 Å². The number of carbonyl (C=O) groups is 1. The van der Waals surface area contributed by atoms with Crippen molar-refractivity contribution in [2.75, 3.05) is 23.7 Å². The van der Waals surface area contributed by atoms with Gasteiger partial charge in [0.25, 0.3) is 0 Å². The van der Waals surface area contributed by atoms with Crippen LogP contribution in [0.15, 0.2) is 48.5 Å². The number of hydrogen-bond donors (Lipinski definition) is 4. The summed E-state index contributed by atoms with van der Waals surface area (Å²) in [5.74, 6) is -1.74. The van der Waals surface area contributed by atoms with Crippen LogP contribution in [-0.2, 0) is 6.61 Å². The molecule has 160 valence electrons. The van der Waals surface area contributed by atoms with E-state index in [0.717, 1.165) is 5.56 Å². The summed E-state index contributed by atoms with van der Waals surface area (Å²) in [6, 6.07) is 13.0. The number of hydrogen-bond acceptors (Lipinski definition) is 9. The minimum absolute atomic E-state index is 0.0455. The zero-order valence-corrected chi connectivity index (χ0v) is 16.3. The normalized spacial score (nSPS) is 11.6. The van der Waals surface area contributed by atoms with E-state index in [1.807, 2.05) is 0 Å². The molecule has 0 bridgehead atoms. The third-order valence-corrected chi connectivity index (χ3v) is 4.59. The third kappa shape index (κ3) is 4.96. The fourth-order valence-corrected chi connectivity index (χ4v) is 3.18. The van der Waals surface area contributed by atoms with Crippen LogP contribution in [0.5, 0.6) is 5.75 Å². The zero-order valence-electron chi connectivity index (χ0n) is 16.3. The minimum atomic E-state index is -1.03. The Morgan fingerprint density at radius 1 is 1.06 bits per heavy atom. The number of benzene rings is 2. The lowest BCUT2D eigenvalue weighted by Gasteiger charge is -2.20. The van der Waals surface area contributed by atoms with Crippen molar-refractivity contribution in [2.24, 2.45) is 0 Å². The highest BCUT2D eigenvalue weighted by Crippen LogP contribution is 2.37. The summed E-state index contributed by atoms with van der Waals surface area (Å²) in [5, 5.41) is 20.4. The van der Waals surface area contributed by atoms with Crippen LogP contribution >= 0.6 is 0 Å². The molecule has 1 unspecified atom stereocenters. The van der Waals surface area contributed by atoms with Crippen LogP contribution in [0.1, 0.15) is 33.0 Å². The van der Waals surface area contributed by atoms with Crippen molar-refractivity contribution in [1.82, 2.24) is 9.97 Å². The van der Waals surface area contributed by atoms with Gasteiger partial charge in [0, 0.05) is 10.5 Å². The summed E-state index contributed by atoms with van der Waals surface area (Å²) in [6.45, 7) is -0.402. The SMILES string of the molecule is Nc1nc(N)c(C(C[N+](=O)[O-])c2ccccc2OCc2ccc(C(=O)O)cc2)c(N)n1. The average Bonchev–Trinajstić information content (AvgIpc) is 2.71. The second-order valence-electron chi connectivity index (χ2n) is 6.66. The summed E-state index contributed by atoms with van der Waals surface area (Å²) < 4.78 is 5.89. The molecule has 1 atom stereocenters. The molecule has 2 aromatic carbocycles. The topological polar surface area (TPSA) is 194 Å². The highest BCUT2D eigenvalue weighted by Gasteiger charge is 2.29. The van der Waals surface area contributed by atoms with E-state index in [2.05, 4.69) is 9.97 Å². The summed E-state index contributed by atoms with van der Waals surface area (Å²) >= 11 is 0. The Morgan fingerprint density at radius 3 is 2.26 bits per heavy atom. The standard InChI is InChI=1S/C20H20N6O5/c21-17-16(18(22)25-20(23)24-17)14(9-26(29)30)13-3-1-2-4-15(13)31-10-11-5-7-12(8-6-11)19(27)28/h1-8,14H,9-10H2,(H,27,28)(H6,21,22,23,24,25). The van der Waals surface area contributed by atoms with Gasteiger partial charge < -0.3 is 27.0 Å². The van der Waals surface area contributed by atoms with Crippen LogP contribution in [0, 0.1) is 10.1 Å². The van der Waals surface area contributed by atoms with Crippen molar-refractivity contribution in [2.45, 2.75) is 12.5 Å². The van der Waals surface area contributed by atoms with Crippen LogP contribution in [0.3, 0.4) is 0 Å². The molecule has 11 heteroatoms. The first kappa shape index (κ1) is 21.3. The number of anilines is 3. The van der Waals surface area contributed by atoms with Crippen LogP contribution < -0.4 is 21.9 Å². The van der Waals surface area contributed by atoms with Crippen molar-refractivity contribution in [3.05, 3.63) is 80.9 Å². The molecular formula is C20H20N6O5. The molecule has 0 aliphatic rings. The molecule has 3 rings (SSSR count). The third-order valence-electron chi connectivity index (χ3n) is 4.59. The van der Waals surface area contributed by atoms with E-state index in [9.17, 15) is 14.9 Å². The number of aromatic nitrogens is 2. The second kappa shape index (κ2) is 8.95. The van der Waals surface area contributed by atoms with E-state index < -0.39 is 23.4 Å². The lowest BCUT2D eigenvalue weighted by molar-refractivity contribution is -0.481. The summed E-state index contributed by atoms with van der Waals surface area (Å²) in [4.78, 5) is 29.7. The van der Waals surface area contributed by atoms with Crippen molar-refractivity contribution in [3.63, 3.8) is 0 Å². The number of nitrogen functional groups attached to an aromatic ring is 3. The van der Waals surface area contributed by atoms with E-state index >= 15 is 0 Å². The van der Waals surface area contributed by atoms with E-state index in [-0.39, 0.29) is 35.3 Å². The fourth-order valence-electron chi connectivity index (χ4n) is 3.18. The Morgan fingerprint density at radius 2 is 1.68 bits per heavy atom. The van der Waals surface area contributed by atoms with Gasteiger partial charge in [-0.15, -0.1) is 0 Å². The molecule has 1 heterocycles. The quantitative estimate of drug-likeness (QED) is 0.306. The first-order chi connectivity index (χ1) is 14.8. The summed E-state index contributed by atoms with van der Waals surface area (Å²) in [6.07, 6.45) is 0. The molecule has 31 heavy (non-hydrogen) atoms. The molecule has 0 radical (unpaired) electrons. The Kier molecular flexibility index (Phi) is 6.15. The maximum Gasteiger partial charge on any atom is 0.335 e. The number of carboxylic acid groups (broad SMARTS) is 1. The molecule has 0 fully saturated rings. The molecule has 0 spiro atoms. The molecule has 0 saturated carbocycles. The van der Waals surface area contributed by atoms with Gasteiger partial charge >= 0.3 is 5.97 Å². The van der Waals surface area contributed by atoms with Gasteiger partial charge in [0.15, 0.2) is 0 Å². The second-order valence-corrected chi connectivity index (χ2v) is 6.66. The maximum absolute atomic E-state index is 11.4. The van der Waals surface area contributed by atoms with E-state index in [1.165, 1.54) is 12.1 Å². The van der Waals surface area contributed by atoms with E-state index in [1.54, 1.807) is 36.4 Å². The average molecular weight is 424 g/mol. The Balaban J connectivity index is 1.95. The molecule has 3 aromatic rings. The first-order valence-electron chi connectivity index (χ1n) is 9.10. The monoisotopic (exact) mass is 424 g/mol. The van der Waals surface area contributed by atoms with Gasteiger partial charge in [0.2, 0.25) is 12.5 Å². The Bertz CT molecular complexity index is 1100. The molecule has 0 aliphatic heterocycles. The molecule has 1 aromatic heterocycles. The fraction of sp³-hybridized carbons (Fsp3) is 0.150. The van der Waals surface area contributed by atoms with Crippen LogP contribution in [0.4, 0.5) is 17.6 Å². The molecule has 0 aliphatic carbocycles. The zero-order chi connectivity index (χ0) is 22.5. The number of carboxylic acids is 1. The number of nitrogens with two attached hydrogens (primary N) is 3. The first-order valence-corrected chi connectivity index (χ1v) is 9.10. The van der Waals surface area contributed by atoms with Gasteiger partial charge in [0.05, 0.1) is 17.0 Å². The lowest BCUT2D eigenvalue weighted by atomic mass is 9.91.